The summed E-state index contributed by atoms with van der Waals surface area (Å²) in [5, 5.41) is 3.01. The number of hydrogen-bond donors (Lipinski definition) is 2. The van der Waals surface area contributed by atoms with Crippen LogP contribution in [0.3, 0.4) is 0 Å². The summed E-state index contributed by atoms with van der Waals surface area (Å²) in [5.74, 6) is 0.0126. The highest BCUT2D eigenvalue weighted by Crippen LogP contribution is 2.34. The summed E-state index contributed by atoms with van der Waals surface area (Å²) in [4.78, 5) is 11.8. The van der Waals surface area contributed by atoms with Crippen molar-refractivity contribution in [1.82, 2.24) is 5.32 Å². The van der Waals surface area contributed by atoms with Crippen molar-refractivity contribution in [2.24, 2.45) is 5.73 Å². The van der Waals surface area contributed by atoms with Crippen molar-refractivity contribution >= 4 is 5.91 Å². The van der Waals surface area contributed by atoms with E-state index in [0.717, 1.165) is 18.4 Å². The molecule has 80 valence electrons. The zero-order valence-electron chi connectivity index (χ0n) is 8.92. The number of amides is 1. The first-order valence-corrected chi connectivity index (χ1v) is 5.24. The second kappa shape index (κ2) is 3.66. The molecule has 0 bridgehead atoms. The summed E-state index contributed by atoms with van der Waals surface area (Å²) in [6.07, 6.45) is 2.17. The molecule has 1 saturated carbocycles. The number of carbonyl (C=O) groups excluding carboxylic acids is 1. The topological polar surface area (TPSA) is 55.1 Å². The van der Waals surface area contributed by atoms with Gasteiger partial charge in [-0.2, -0.15) is 0 Å². The van der Waals surface area contributed by atoms with Crippen LogP contribution in [0.1, 0.15) is 35.7 Å². The summed E-state index contributed by atoms with van der Waals surface area (Å²) < 4.78 is 0. The molecule has 0 heterocycles. The average molecular weight is 204 g/mol. The van der Waals surface area contributed by atoms with Crippen LogP contribution in [0.2, 0.25) is 0 Å². The van der Waals surface area contributed by atoms with E-state index in [1.165, 1.54) is 0 Å². The third-order valence-corrected chi connectivity index (χ3v) is 2.87. The zero-order chi connectivity index (χ0) is 10.9. The summed E-state index contributed by atoms with van der Waals surface area (Å²) >= 11 is 0. The van der Waals surface area contributed by atoms with Gasteiger partial charge in [0.15, 0.2) is 0 Å². The maximum atomic E-state index is 11.8. The predicted octanol–water partition coefficient (Wildman–Crippen LogP) is 1.43. The maximum absolute atomic E-state index is 11.8. The molecule has 1 aliphatic rings. The molecule has 1 aliphatic carbocycles. The Morgan fingerprint density at radius 3 is 2.47 bits per heavy atom. The van der Waals surface area contributed by atoms with Crippen molar-refractivity contribution in [2.75, 3.05) is 0 Å². The van der Waals surface area contributed by atoms with Crippen LogP contribution in [0.15, 0.2) is 24.3 Å². The minimum absolute atomic E-state index is 0.0126. The molecule has 1 aromatic rings. The Hall–Kier alpha value is -1.35. The molecule has 3 nitrogen and oxygen atoms in total. The van der Waals surface area contributed by atoms with Gasteiger partial charge in [0, 0.05) is 17.6 Å². The largest absolute Gasteiger partial charge is 0.347 e. The molecule has 0 atom stereocenters. The molecule has 0 aliphatic heterocycles. The van der Waals surface area contributed by atoms with Crippen molar-refractivity contribution in [3.05, 3.63) is 35.4 Å². The molecular formula is C12H16N2O. The molecule has 0 spiro atoms. The van der Waals surface area contributed by atoms with E-state index in [-0.39, 0.29) is 11.4 Å². The number of rotatable bonds is 3. The monoisotopic (exact) mass is 204 g/mol. The van der Waals surface area contributed by atoms with Crippen LogP contribution >= 0.6 is 0 Å². The van der Waals surface area contributed by atoms with E-state index in [4.69, 9.17) is 5.73 Å². The molecule has 3 N–H and O–H groups in total. The molecule has 1 aromatic carbocycles. The van der Waals surface area contributed by atoms with E-state index in [1.54, 1.807) is 0 Å². The van der Waals surface area contributed by atoms with Crippen molar-refractivity contribution in [2.45, 2.75) is 31.8 Å². The van der Waals surface area contributed by atoms with Crippen LogP contribution in [0.5, 0.6) is 0 Å². The zero-order valence-corrected chi connectivity index (χ0v) is 8.92. The van der Waals surface area contributed by atoms with Crippen LogP contribution in [0.25, 0.3) is 0 Å². The van der Waals surface area contributed by atoms with E-state index in [9.17, 15) is 4.79 Å². The Balaban J connectivity index is 2.05. The molecule has 1 amide bonds. The Kier molecular flexibility index (Phi) is 2.49. The third-order valence-electron chi connectivity index (χ3n) is 2.87. The lowest BCUT2D eigenvalue weighted by atomic mass is 10.1. The van der Waals surface area contributed by atoms with Crippen LogP contribution in [0, 0.1) is 0 Å². The van der Waals surface area contributed by atoms with Crippen LogP contribution < -0.4 is 11.1 Å². The van der Waals surface area contributed by atoms with Gasteiger partial charge in [0.1, 0.15) is 0 Å². The van der Waals surface area contributed by atoms with Crippen molar-refractivity contribution in [3.8, 4) is 0 Å². The Morgan fingerprint density at radius 2 is 2.00 bits per heavy atom. The summed E-state index contributed by atoms with van der Waals surface area (Å²) in [6, 6.07) is 7.43. The van der Waals surface area contributed by atoms with Gasteiger partial charge in [-0.1, -0.05) is 12.1 Å². The van der Waals surface area contributed by atoms with Crippen molar-refractivity contribution in [1.29, 1.82) is 0 Å². The molecule has 0 saturated heterocycles. The van der Waals surface area contributed by atoms with Crippen LogP contribution in [-0.4, -0.2) is 11.4 Å². The standard InChI is InChI=1S/C12H16N2O/c1-12(6-7-12)14-11(15)10-4-2-9(8-13)3-5-10/h2-5H,6-8,13H2,1H3,(H,14,15). The van der Waals surface area contributed by atoms with Gasteiger partial charge in [0.2, 0.25) is 0 Å². The first kappa shape index (κ1) is 10.2. The second-order valence-corrected chi connectivity index (χ2v) is 4.42. The number of benzene rings is 1. The first-order valence-electron chi connectivity index (χ1n) is 5.24. The minimum atomic E-state index is 0.0126. The van der Waals surface area contributed by atoms with E-state index in [2.05, 4.69) is 12.2 Å². The van der Waals surface area contributed by atoms with Gasteiger partial charge < -0.3 is 11.1 Å². The Labute approximate surface area is 89.7 Å². The SMILES string of the molecule is CC1(NC(=O)c2ccc(CN)cc2)CC1. The van der Waals surface area contributed by atoms with Gasteiger partial charge in [-0.05, 0) is 37.5 Å². The first-order chi connectivity index (χ1) is 7.13. The third kappa shape index (κ3) is 2.36. The molecule has 15 heavy (non-hydrogen) atoms. The number of carbonyl (C=O) groups is 1. The van der Waals surface area contributed by atoms with Crippen LogP contribution in [0.4, 0.5) is 0 Å². The highest BCUT2D eigenvalue weighted by Gasteiger charge is 2.38. The van der Waals surface area contributed by atoms with Gasteiger partial charge >= 0.3 is 0 Å². The smallest absolute Gasteiger partial charge is 0.251 e. The van der Waals surface area contributed by atoms with E-state index < -0.39 is 0 Å². The van der Waals surface area contributed by atoms with Gasteiger partial charge in [-0.15, -0.1) is 0 Å². The summed E-state index contributed by atoms with van der Waals surface area (Å²) in [7, 11) is 0. The molecule has 0 unspecified atom stereocenters. The lowest BCUT2D eigenvalue weighted by Gasteiger charge is -2.11. The Bertz CT molecular complexity index is 366. The lowest BCUT2D eigenvalue weighted by Crippen LogP contribution is -2.34. The normalized spacial score (nSPS) is 17.2. The van der Waals surface area contributed by atoms with Crippen molar-refractivity contribution in [3.63, 3.8) is 0 Å². The van der Waals surface area contributed by atoms with Crippen LogP contribution in [-0.2, 0) is 6.54 Å². The molecule has 0 radical (unpaired) electrons. The van der Waals surface area contributed by atoms with E-state index >= 15 is 0 Å². The van der Waals surface area contributed by atoms with Gasteiger partial charge in [0.25, 0.3) is 5.91 Å². The number of nitrogens with two attached hydrogens (primary N) is 1. The molecular weight excluding hydrogens is 188 g/mol. The quantitative estimate of drug-likeness (QED) is 0.782. The van der Waals surface area contributed by atoms with E-state index in [1.807, 2.05) is 24.3 Å². The lowest BCUT2D eigenvalue weighted by molar-refractivity contribution is 0.0935. The average Bonchev–Trinajstić information content (AvgIpc) is 2.96. The molecule has 1 fully saturated rings. The fraction of sp³-hybridized carbons (Fsp3) is 0.417. The molecule has 2 rings (SSSR count). The number of nitrogens with one attached hydrogen (secondary N) is 1. The minimum Gasteiger partial charge on any atom is -0.347 e. The van der Waals surface area contributed by atoms with Gasteiger partial charge in [-0.3, -0.25) is 4.79 Å². The highest BCUT2D eigenvalue weighted by atomic mass is 16.1. The second-order valence-electron chi connectivity index (χ2n) is 4.42. The van der Waals surface area contributed by atoms with Gasteiger partial charge in [-0.25, -0.2) is 0 Å². The fourth-order valence-corrected chi connectivity index (χ4v) is 1.45. The maximum Gasteiger partial charge on any atom is 0.251 e. The number of hydrogen-bond acceptors (Lipinski definition) is 2. The predicted molar refractivity (Wildman–Crippen MR) is 59.4 cm³/mol. The molecule has 3 heteroatoms. The van der Waals surface area contributed by atoms with Gasteiger partial charge in [0.05, 0.1) is 0 Å². The Morgan fingerprint density at radius 1 is 1.40 bits per heavy atom. The fourth-order valence-electron chi connectivity index (χ4n) is 1.45. The van der Waals surface area contributed by atoms with Crippen molar-refractivity contribution < 1.29 is 4.79 Å². The van der Waals surface area contributed by atoms with E-state index in [0.29, 0.717) is 12.1 Å². The molecule has 0 aromatic heterocycles. The summed E-state index contributed by atoms with van der Waals surface area (Å²) in [6.45, 7) is 2.58. The summed E-state index contributed by atoms with van der Waals surface area (Å²) in [5.41, 5.74) is 7.29. The highest BCUT2D eigenvalue weighted by molar-refractivity contribution is 5.94.